The first-order valence-corrected chi connectivity index (χ1v) is 9.64. The largest absolute Gasteiger partial charge is 0.397 e. The molecule has 5 N–H and O–H groups in total. The summed E-state index contributed by atoms with van der Waals surface area (Å²) in [5.74, 6) is 0.211. The molecule has 0 spiro atoms. The van der Waals surface area contributed by atoms with Crippen LogP contribution in [-0.4, -0.2) is 54.5 Å². The van der Waals surface area contributed by atoms with Gasteiger partial charge in [-0.15, -0.1) is 0 Å². The predicted octanol–water partition coefficient (Wildman–Crippen LogP) is 1.96. The maximum Gasteiger partial charge on any atom is 0.321 e. The van der Waals surface area contributed by atoms with Crippen molar-refractivity contribution in [2.45, 2.75) is 0 Å². The molecule has 0 saturated carbocycles. The number of likely N-dealkylation sites (tertiary alicyclic amines) is 2. The number of nitrogens with zero attached hydrogens (tertiary/aromatic N) is 2. The van der Waals surface area contributed by atoms with E-state index in [1.165, 1.54) is 12.1 Å². The number of nitrogens with two attached hydrogens (primary N) is 2. The number of carbonyl (C=O) groups excluding carboxylic acids is 2. The first-order chi connectivity index (χ1) is 13.9. The molecule has 0 aromatic heterocycles. The van der Waals surface area contributed by atoms with Gasteiger partial charge >= 0.3 is 6.03 Å². The molecular weight excluding hydrogens is 373 g/mol. The fourth-order valence-corrected chi connectivity index (χ4v) is 4.17. The number of halogens is 1. The summed E-state index contributed by atoms with van der Waals surface area (Å²) in [7, 11) is 0. The molecule has 2 aromatic rings. The monoisotopic (exact) mass is 397 g/mol. The van der Waals surface area contributed by atoms with Gasteiger partial charge in [0.05, 0.1) is 17.9 Å². The Morgan fingerprint density at radius 2 is 1.55 bits per heavy atom. The van der Waals surface area contributed by atoms with E-state index in [4.69, 9.17) is 11.5 Å². The third-order valence-electron chi connectivity index (χ3n) is 5.77. The summed E-state index contributed by atoms with van der Waals surface area (Å²) >= 11 is 0. The number of fused-ring (bicyclic) bond motifs is 1. The topological polar surface area (TPSA) is 105 Å². The Hall–Kier alpha value is -3.13. The zero-order chi connectivity index (χ0) is 20.5. The predicted molar refractivity (Wildman–Crippen MR) is 109 cm³/mol. The normalized spacial score (nSPS) is 20.6. The lowest BCUT2D eigenvalue weighted by Gasteiger charge is -2.22. The third-order valence-corrected chi connectivity index (χ3v) is 5.77. The molecule has 2 fully saturated rings. The summed E-state index contributed by atoms with van der Waals surface area (Å²) in [5, 5.41) is 2.90. The molecule has 29 heavy (non-hydrogen) atoms. The van der Waals surface area contributed by atoms with Crippen LogP contribution in [0, 0.1) is 17.7 Å². The summed E-state index contributed by atoms with van der Waals surface area (Å²) in [6.45, 7) is 2.51. The van der Waals surface area contributed by atoms with E-state index in [9.17, 15) is 14.0 Å². The van der Waals surface area contributed by atoms with Crippen molar-refractivity contribution in [3.05, 3.63) is 48.3 Å². The summed E-state index contributed by atoms with van der Waals surface area (Å²) in [4.78, 5) is 28.1. The Labute approximate surface area is 168 Å². The van der Waals surface area contributed by atoms with Crippen molar-refractivity contribution >= 4 is 23.3 Å². The number of hydrogen-bond acceptors (Lipinski definition) is 4. The number of nitrogen functional groups attached to an aromatic ring is 1. The highest BCUT2D eigenvalue weighted by Gasteiger charge is 2.42. The molecule has 152 valence electrons. The van der Waals surface area contributed by atoms with E-state index in [1.807, 2.05) is 6.07 Å². The highest BCUT2D eigenvalue weighted by Crippen LogP contribution is 2.32. The molecule has 8 heteroatoms. The van der Waals surface area contributed by atoms with Gasteiger partial charge in [-0.3, -0.25) is 4.79 Å². The fraction of sp³-hybridized carbons (Fsp3) is 0.333. The lowest BCUT2D eigenvalue weighted by molar-refractivity contribution is -0.128. The van der Waals surface area contributed by atoms with Gasteiger partial charge in [-0.25, -0.2) is 9.18 Å². The molecule has 2 unspecified atom stereocenters. The number of anilines is 2. The Morgan fingerprint density at radius 1 is 0.966 bits per heavy atom. The van der Waals surface area contributed by atoms with Gasteiger partial charge in [0.15, 0.2) is 0 Å². The van der Waals surface area contributed by atoms with E-state index < -0.39 is 0 Å². The summed E-state index contributed by atoms with van der Waals surface area (Å²) < 4.78 is 13.2. The smallest absolute Gasteiger partial charge is 0.321 e. The second-order valence-electron chi connectivity index (χ2n) is 7.67. The number of nitrogens with one attached hydrogen (secondary N) is 1. The molecule has 0 aliphatic carbocycles. The van der Waals surface area contributed by atoms with Crippen LogP contribution in [0.1, 0.15) is 0 Å². The van der Waals surface area contributed by atoms with E-state index in [0.717, 1.165) is 11.1 Å². The lowest BCUT2D eigenvalue weighted by atomic mass is 10.0. The van der Waals surface area contributed by atoms with Gasteiger partial charge in [0.2, 0.25) is 5.91 Å². The molecule has 7 nitrogen and oxygen atoms in total. The zero-order valence-electron chi connectivity index (χ0n) is 16.0. The first kappa shape index (κ1) is 19.2. The summed E-state index contributed by atoms with van der Waals surface area (Å²) in [5.41, 5.74) is 14.1. The molecule has 2 atom stereocenters. The highest BCUT2D eigenvalue weighted by molar-refractivity contribution is 5.94. The van der Waals surface area contributed by atoms with E-state index in [1.54, 1.807) is 34.1 Å². The van der Waals surface area contributed by atoms with Crippen LogP contribution in [0.5, 0.6) is 0 Å². The number of carbonyl (C=O) groups is 2. The molecule has 0 radical (unpaired) electrons. The van der Waals surface area contributed by atoms with Crippen molar-refractivity contribution < 1.29 is 14.0 Å². The minimum Gasteiger partial charge on any atom is -0.397 e. The quantitative estimate of drug-likeness (QED) is 0.689. The van der Waals surface area contributed by atoms with Crippen LogP contribution in [0.15, 0.2) is 42.5 Å². The van der Waals surface area contributed by atoms with Gasteiger partial charge in [-0.05, 0) is 35.4 Å². The number of benzene rings is 2. The molecule has 2 heterocycles. The molecule has 4 rings (SSSR count). The maximum atomic E-state index is 13.2. The zero-order valence-corrected chi connectivity index (χ0v) is 16.0. The summed E-state index contributed by atoms with van der Waals surface area (Å²) in [6, 6.07) is 11.3. The van der Waals surface area contributed by atoms with Crippen molar-refractivity contribution in [3.8, 4) is 11.1 Å². The van der Waals surface area contributed by atoms with E-state index in [2.05, 4.69) is 5.32 Å². The van der Waals surface area contributed by atoms with Crippen molar-refractivity contribution in [1.29, 1.82) is 0 Å². The minimum atomic E-state index is -0.302. The molecule has 2 aliphatic rings. The fourth-order valence-electron chi connectivity index (χ4n) is 4.17. The molecule has 2 aliphatic heterocycles. The van der Waals surface area contributed by atoms with Gasteiger partial charge in [-0.2, -0.15) is 0 Å². The van der Waals surface area contributed by atoms with Crippen molar-refractivity contribution in [3.63, 3.8) is 0 Å². The Balaban J connectivity index is 1.42. The van der Waals surface area contributed by atoms with Crippen molar-refractivity contribution in [1.82, 2.24) is 9.80 Å². The number of rotatable bonds is 3. The first-order valence-electron chi connectivity index (χ1n) is 9.64. The van der Waals surface area contributed by atoms with Gasteiger partial charge in [-0.1, -0.05) is 18.2 Å². The SMILES string of the molecule is NCC(=O)N1CC2CN(C(=O)Nc3cc(-c4ccc(F)cc4)ccc3N)CC2C1. The van der Waals surface area contributed by atoms with Gasteiger partial charge in [0.1, 0.15) is 5.82 Å². The van der Waals surface area contributed by atoms with Crippen LogP contribution in [0.25, 0.3) is 11.1 Å². The number of amides is 3. The van der Waals surface area contributed by atoms with Crippen LogP contribution < -0.4 is 16.8 Å². The molecular formula is C21H24FN5O2. The van der Waals surface area contributed by atoms with Crippen LogP contribution in [-0.2, 0) is 4.79 Å². The molecule has 3 amide bonds. The van der Waals surface area contributed by atoms with E-state index in [0.29, 0.717) is 37.6 Å². The van der Waals surface area contributed by atoms with E-state index >= 15 is 0 Å². The summed E-state index contributed by atoms with van der Waals surface area (Å²) in [6.07, 6.45) is 0. The molecule has 2 aromatic carbocycles. The third kappa shape index (κ3) is 3.88. The Morgan fingerprint density at radius 3 is 2.17 bits per heavy atom. The van der Waals surface area contributed by atoms with Gasteiger partial charge in [0, 0.05) is 38.0 Å². The Kier molecular flexibility index (Phi) is 5.10. The van der Waals surface area contributed by atoms with Crippen LogP contribution in [0.2, 0.25) is 0 Å². The average Bonchev–Trinajstić information content (AvgIpc) is 3.29. The standard InChI is InChI=1S/C21H24FN5O2/c22-17-4-1-13(2-5-17)14-3-6-18(24)19(7-14)25-21(29)27-11-15-9-26(20(28)8-23)10-16(15)12-27/h1-7,15-16H,8-12,23-24H2,(H,25,29). The second-order valence-corrected chi connectivity index (χ2v) is 7.67. The highest BCUT2D eigenvalue weighted by atomic mass is 19.1. The van der Waals surface area contributed by atoms with Crippen molar-refractivity contribution in [2.75, 3.05) is 43.8 Å². The van der Waals surface area contributed by atoms with Crippen LogP contribution in [0.4, 0.5) is 20.6 Å². The molecule has 0 bridgehead atoms. The Bertz CT molecular complexity index is 919. The minimum absolute atomic E-state index is 0.0211. The van der Waals surface area contributed by atoms with Crippen molar-refractivity contribution in [2.24, 2.45) is 17.6 Å². The maximum absolute atomic E-state index is 13.2. The average molecular weight is 397 g/mol. The molecule has 2 saturated heterocycles. The number of urea groups is 1. The lowest BCUT2D eigenvalue weighted by Crippen LogP contribution is -2.39. The van der Waals surface area contributed by atoms with Crippen LogP contribution >= 0.6 is 0 Å². The van der Waals surface area contributed by atoms with Gasteiger partial charge in [0.25, 0.3) is 0 Å². The van der Waals surface area contributed by atoms with E-state index in [-0.39, 0.29) is 36.1 Å². The second kappa shape index (κ2) is 7.71. The van der Waals surface area contributed by atoms with Crippen LogP contribution in [0.3, 0.4) is 0 Å². The van der Waals surface area contributed by atoms with Gasteiger partial charge < -0.3 is 26.6 Å². The number of hydrogen-bond donors (Lipinski definition) is 3.